The Morgan fingerprint density at radius 1 is 1.12 bits per heavy atom. The number of nitrogens with zero attached hydrogens (tertiary/aromatic N) is 3. The quantitative estimate of drug-likeness (QED) is 0.317. The number of aryl methyl sites for hydroxylation is 1. The lowest BCUT2D eigenvalue weighted by molar-refractivity contribution is 0.0920. The van der Waals surface area contributed by atoms with E-state index in [1.807, 2.05) is 13.0 Å². The molecule has 1 aliphatic carbocycles. The van der Waals surface area contributed by atoms with Gasteiger partial charge in [-0.2, -0.15) is 5.10 Å². The first-order chi connectivity index (χ1) is 16.3. The van der Waals surface area contributed by atoms with Crippen LogP contribution in [0, 0.1) is 6.92 Å². The predicted octanol–water partition coefficient (Wildman–Crippen LogP) is 5.57. The fourth-order valence-corrected chi connectivity index (χ4v) is 5.11. The van der Waals surface area contributed by atoms with Gasteiger partial charge in [0.2, 0.25) is 0 Å². The molecule has 8 nitrogen and oxygen atoms in total. The lowest BCUT2D eigenvalue weighted by Gasteiger charge is -2.23. The van der Waals surface area contributed by atoms with Crippen LogP contribution < -0.4 is 16.2 Å². The van der Waals surface area contributed by atoms with E-state index in [1.54, 1.807) is 30.5 Å². The van der Waals surface area contributed by atoms with E-state index >= 15 is 0 Å². The van der Waals surface area contributed by atoms with Gasteiger partial charge in [-0.3, -0.25) is 15.0 Å². The smallest absolute Gasteiger partial charge is 0.274 e. The van der Waals surface area contributed by atoms with Gasteiger partial charge >= 0.3 is 0 Å². The molecular weight excluding hydrogens is 588 g/mol. The molecule has 3 aromatic rings. The highest BCUT2D eigenvalue weighted by Crippen LogP contribution is 2.28. The molecule has 0 atom stereocenters. The predicted molar refractivity (Wildman–Crippen MR) is 138 cm³/mol. The monoisotopic (exact) mass is 608 g/mol. The average molecular weight is 611 g/mol. The second-order valence-corrected chi connectivity index (χ2v) is 10.2. The molecule has 178 valence electrons. The molecule has 1 fully saturated rings. The van der Waals surface area contributed by atoms with Crippen LogP contribution in [-0.4, -0.2) is 32.6 Å². The number of hydrazine groups is 1. The van der Waals surface area contributed by atoms with Crippen LogP contribution >= 0.6 is 43.5 Å². The Hall–Kier alpha value is -2.27. The van der Waals surface area contributed by atoms with Gasteiger partial charge in [0.15, 0.2) is 5.82 Å². The van der Waals surface area contributed by atoms with Gasteiger partial charge in [-0.1, -0.05) is 46.8 Å². The molecule has 0 bridgehead atoms. The summed E-state index contributed by atoms with van der Waals surface area (Å²) in [5.41, 5.74) is 7.64. The third-order valence-corrected chi connectivity index (χ3v) is 6.77. The second-order valence-electron chi connectivity index (χ2n) is 8.11. The number of hydrogen-bond acceptors (Lipinski definition) is 5. The number of anilines is 1. The summed E-state index contributed by atoms with van der Waals surface area (Å²) in [5, 5.41) is 7.54. The van der Waals surface area contributed by atoms with Crippen LogP contribution in [0.4, 0.5) is 5.69 Å². The van der Waals surface area contributed by atoms with Crippen molar-refractivity contribution in [2.75, 3.05) is 5.32 Å². The molecule has 1 saturated carbocycles. The van der Waals surface area contributed by atoms with E-state index in [0.717, 1.165) is 35.7 Å². The van der Waals surface area contributed by atoms with Crippen molar-refractivity contribution < 1.29 is 9.59 Å². The Bertz CT molecular complexity index is 1230. The van der Waals surface area contributed by atoms with Crippen LogP contribution in [-0.2, 0) is 0 Å². The van der Waals surface area contributed by atoms with Crippen molar-refractivity contribution in [2.24, 2.45) is 0 Å². The Balaban J connectivity index is 1.60. The Labute approximate surface area is 219 Å². The number of benzene rings is 1. The molecule has 4 rings (SSSR count). The van der Waals surface area contributed by atoms with E-state index in [9.17, 15) is 9.59 Å². The van der Waals surface area contributed by atoms with Gasteiger partial charge in [-0.05, 0) is 65.5 Å². The molecule has 11 heteroatoms. The minimum absolute atomic E-state index is 0.210. The third kappa shape index (κ3) is 5.68. The number of aromatic nitrogens is 3. The van der Waals surface area contributed by atoms with Gasteiger partial charge in [-0.15, -0.1) is 0 Å². The number of rotatable bonds is 6. The maximum absolute atomic E-state index is 13.3. The van der Waals surface area contributed by atoms with E-state index in [2.05, 4.69) is 58.1 Å². The zero-order valence-electron chi connectivity index (χ0n) is 18.4. The molecule has 0 unspecified atom stereocenters. The minimum Gasteiger partial charge on any atom is -0.320 e. The summed E-state index contributed by atoms with van der Waals surface area (Å²) in [6.45, 7) is 1.83. The fraction of sp³-hybridized carbons (Fsp3) is 0.304. The van der Waals surface area contributed by atoms with Crippen molar-refractivity contribution in [1.82, 2.24) is 25.6 Å². The van der Waals surface area contributed by atoms with Crippen molar-refractivity contribution in [2.45, 2.75) is 45.1 Å². The van der Waals surface area contributed by atoms with E-state index in [-0.39, 0.29) is 17.6 Å². The van der Waals surface area contributed by atoms with Gasteiger partial charge in [0.05, 0.1) is 16.3 Å². The van der Waals surface area contributed by atoms with Crippen LogP contribution in [0.1, 0.15) is 58.5 Å². The highest BCUT2D eigenvalue weighted by atomic mass is 79.9. The molecule has 0 spiro atoms. The standard InChI is InChI=1S/C23H23Br2ClN6O2/c1-13-10-14(24)11-16(22(33)30-29-15-6-3-2-4-7-15)20(13)28-23(34)18-12-19(25)31-32(18)21-17(26)8-5-9-27-21/h5,8-12,15,29H,2-4,6-7H2,1H3,(H,28,34)(H,30,33). The number of pyridine rings is 1. The number of carbonyl (C=O) groups is 2. The summed E-state index contributed by atoms with van der Waals surface area (Å²) in [4.78, 5) is 30.6. The Kier molecular flexibility index (Phi) is 8.02. The summed E-state index contributed by atoms with van der Waals surface area (Å²) >= 11 is 13.0. The van der Waals surface area contributed by atoms with Gasteiger partial charge in [0.25, 0.3) is 11.8 Å². The fourth-order valence-electron chi connectivity index (χ4n) is 3.96. The van der Waals surface area contributed by atoms with E-state index in [1.165, 1.54) is 11.1 Å². The number of hydrogen-bond donors (Lipinski definition) is 3. The van der Waals surface area contributed by atoms with E-state index < -0.39 is 5.91 Å². The van der Waals surface area contributed by atoms with Gasteiger partial charge in [0.1, 0.15) is 10.3 Å². The first-order valence-electron chi connectivity index (χ1n) is 10.9. The summed E-state index contributed by atoms with van der Waals surface area (Å²) in [7, 11) is 0. The SMILES string of the molecule is Cc1cc(Br)cc(C(=O)NNC2CCCCC2)c1NC(=O)c1cc(Br)nn1-c1ncccc1Cl. The maximum atomic E-state index is 13.3. The average Bonchev–Trinajstić information content (AvgIpc) is 3.21. The van der Waals surface area contributed by atoms with Crippen LogP contribution in [0.15, 0.2) is 45.6 Å². The molecule has 2 heterocycles. The summed E-state index contributed by atoms with van der Waals surface area (Å²) in [6.07, 6.45) is 7.14. The summed E-state index contributed by atoms with van der Waals surface area (Å²) in [6, 6.07) is 8.70. The van der Waals surface area contributed by atoms with Crippen molar-refractivity contribution >= 4 is 61.0 Å². The zero-order valence-corrected chi connectivity index (χ0v) is 22.3. The first kappa shape index (κ1) is 24.8. The van der Waals surface area contributed by atoms with Crippen molar-refractivity contribution in [3.05, 3.63) is 67.4 Å². The highest BCUT2D eigenvalue weighted by Gasteiger charge is 2.23. The largest absolute Gasteiger partial charge is 0.320 e. The Morgan fingerprint density at radius 3 is 2.62 bits per heavy atom. The van der Waals surface area contributed by atoms with Crippen molar-refractivity contribution in [1.29, 1.82) is 0 Å². The molecule has 34 heavy (non-hydrogen) atoms. The summed E-state index contributed by atoms with van der Waals surface area (Å²) in [5.74, 6) is -0.463. The second kappa shape index (κ2) is 11.0. The maximum Gasteiger partial charge on any atom is 0.274 e. The van der Waals surface area contributed by atoms with Gasteiger partial charge in [0, 0.05) is 22.8 Å². The molecule has 1 aliphatic rings. The molecular formula is C23H23Br2ClN6O2. The number of amides is 2. The van der Waals surface area contributed by atoms with Crippen molar-refractivity contribution in [3.63, 3.8) is 0 Å². The van der Waals surface area contributed by atoms with Gasteiger partial charge in [-0.25, -0.2) is 15.1 Å². The zero-order chi connectivity index (χ0) is 24.2. The van der Waals surface area contributed by atoms with Crippen LogP contribution in [0.25, 0.3) is 5.82 Å². The number of carbonyl (C=O) groups excluding carboxylic acids is 2. The van der Waals surface area contributed by atoms with Gasteiger partial charge < -0.3 is 5.32 Å². The molecule has 0 aliphatic heterocycles. The first-order valence-corrected chi connectivity index (χ1v) is 12.8. The number of nitrogens with one attached hydrogen (secondary N) is 3. The Morgan fingerprint density at radius 2 is 1.88 bits per heavy atom. The van der Waals surface area contributed by atoms with Crippen LogP contribution in [0.3, 0.4) is 0 Å². The van der Waals surface area contributed by atoms with E-state index in [0.29, 0.717) is 26.7 Å². The summed E-state index contributed by atoms with van der Waals surface area (Å²) < 4.78 is 2.54. The molecule has 0 saturated heterocycles. The molecule has 0 radical (unpaired) electrons. The lowest BCUT2D eigenvalue weighted by atomic mass is 9.96. The van der Waals surface area contributed by atoms with Crippen LogP contribution in [0.5, 0.6) is 0 Å². The van der Waals surface area contributed by atoms with Crippen LogP contribution in [0.2, 0.25) is 5.02 Å². The normalized spacial score (nSPS) is 14.1. The lowest BCUT2D eigenvalue weighted by Crippen LogP contribution is -2.45. The topological polar surface area (TPSA) is 101 Å². The molecule has 2 aromatic heterocycles. The van der Waals surface area contributed by atoms with Crippen molar-refractivity contribution in [3.8, 4) is 5.82 Å². The molecule has 2 amide bonds. The minimum atomic E-state index is -0.459. The number of halogens is 3. The van der Waals surface area contributed by atoms with E-state index in [4.69, 9.17) is 11.6 Å². The highest BCUT2D eigenvalue weighted by molar-refractivity contribution is 9.10. The molecule has 1 aromatic carbocycles. The third-order valence-electron chi connectivity index (χ3n) is 5.63. The molecule has 3 N–H and O–H groups in total.